The molecule has 4 nitrogen and oxygen atoms in total. The summed E-state index contributed by atoms with van der Waals surface area (Å²) in [6, 6.07) is 8.91. The van der Waals surface area contributed by atoms with E-state index in [9.17, 15) is 17.6 Å². The van der Waals surface area contributed by atoms with Gasteiger partial charge in [0.1, 0.15) is 5.82 Å². The third kappa shape index (κ3) is 5.09. The van der Waals surface area contributed by atoms with Gasteiger partial charge >= 0.3 is 6.18 Å². The molecule has 2 aliphatic rings. The minimum absolute atomic E-state index is 0.292. The number of hydrogen-bond acceptors (Lipinski definition) is 3. The van der Waals surface area contributed by atoms with Crippen LogP contribution >= 0.6 is 0 Å². The molecule has 0 amide bonds. The molecule has 188 valence electrons. The Balaban J connectivity index is 1.45. The van der Waals surface area contributed by atoms with E-state index < -0.39 is 17.8 Å². The van der Waals surface area contributed by atoms with Gasteiger partial charge in [-0.25, -0.2) is 9.37 Å². The third-order valence-corrected chi connectivity index (χ3v) is 7.68. The van der Waals surface area contributed by atoms with E-state index in [4.69, 9.17) is 4.74 Å². The van der Waals surface area contributed by atoms with E-state index in [1.165, 1.54) is 24.3 Å². The van der Waals surface area contributed by atoms with Gasteiger partial charge in [0.15, 0.2) is 0 Å². The summed E-state index contributed by atoms with van der Waals surface area (Å²) >= 11 is 0. The van der Waals surface area contributed by atoms with E-state index in [-0.39, 0.29) is 11.2 Å². The van der Waals surface area contributed by atoms with Gasteiger partial charge < -0.3 is 14.2 Å². The van der Waals surface area contributed by atoms with E-state index in [2.05, 4.69) is 16.9 Å². The summed E-state index contributed by atoms with van der Waals surface area (Å²) in [7, 11) is 2.06. The molecule has 0 N–H and O–H groups in total. The molecule has 0 radical (unpaired) electrons. The standard InChI is InChI=1S/C27H31F4N3O/c1-18(35-16-26(9-11-33(2)12-10-26)20-5-7-22(28)8-6-20)23-13-21(27(29,30)31)14-24-25(23)32-17-34(24)15-19-3-4-19/h5-8,13-14,17-19H,3-4,9-12,15-16H2,1-2H3/t18-/m0/s1. The van der Waals surface area contributed by atoms with Gasteiger partial charge in [0.2, 0.25) is 0 Å². The van der Waals surface area contributed by atoms with Crippen LogP contribution in [-0.2, 0) is 22.9 Å². The zero-order valence-corrected chi connectivity index (χ0v) is 20.1. The molecule has 5 rings (SSSR count). The lowest BCUT2D eigenvalue weighted by molar-refractivity contribution is -0.137. The minimum Gasteiger partial charge on any atom is -0.373 e. The zero-order chi connectivity index (χ0) is 24.8. The van der Waals surface area contributed by atoms with Crippen LogP contribution in [0.1, 0.15) is 55.4 Å². The summed E-state index contributed by atoms with van der Waals surface area (Å²) in [4.78, 5) is 6.74. The summed E-state index contributed by atoms with van der Waals surface area (Å²) in [5.41, 5.74) is 1.52. The van der Waals surface area contributed by atoms with Crippen molar-refractivity contribution in [3.05, 3.63) is 65.2 Å². The van der Waals surface area contributed by atoms with E-state index in [0.717, 1.165) is 44.3 Å². The molecule has 0 spiro atoms. The molecule has 3 aromatic rings. The Kier molecular flexibility index (Phi) is 6.38. The van der Waals surface area contributed by atoms with Gasteiger partial charge in [0.25, 0.3) is 0 Å². The Labute approximate surface area is 202 Å². The van der Waals surface area contributed by atoms with Gasteiger partial charge in [0.05, 0.1) is 35.6 Å². The SMILES string of the molecule is C[C@H](OCC1(c2ccc(F)cc2)CCN(C)CC1)c1cc(C(F)(F)F)cc2c1ncn2CC1CC1. The first-order valence-electron chi connectivity index (χ1n) is 12.3. The molecule has 2 heterocycles. The highest BCUT2D eigenvalue weighted by molar-refractivity contribution is 5.80. The van der Waals surface area contributed by atoms with Crippen LogP contribution in [0.15, 0.2) is 42.7 Å². The van der Waals surface area contributed by atoms with E-state index in [0.29, 0.717) is 35.7 Å². The number of ether oxygens (including phenoxy) is 1. The molecule has 2 fully saturated rings. The highest BCUT2D eigenvalue weighted by Crippen LogP contribution is 2.40. The Morgan fingerprint density at radius 3 is 2.43 bits per heavy atom. The van der Waals surface area contributed by atoms with Crippen LogP contribution in [-0.4, -0.2) is 41.2 Å². The van der Waals surface area contributed by atoms with Gasteiger partial charge in [-0.15, -0.1) is 0 Å². The largest absolute Gasteiger partial charge is 0.416 e. The molecule has 1 saturated heterocycles. The van der Waals surface area contributed by atoms with Crippen LogP contribution in [0.2, 0.25) is 0 Å². The lowest BCUT2D eigenvalue weighted by atomic mass is 9.73. The van der Waals surface area contributed by atoms with E-state index in [1.807, 2.05) is 4.57 Å². The number of aromatic nitrogens is 2. The van der Waals surface area contributed by atoms with Crippen molar-refractivity contribution in [1.29, 1.82) is 0 Å². The van der Waals surface area contributed by atoms with Crippen molar-refractivity contribution in [2.24, 2.45) is 5.92 Å². The summed E-state index contributed by atoms with van der Waals surface area (Å²) < 4.78 is 63.2. The molecule has 0 unspecified atom stereocenters. The number of imidazole rings is 1. The molecule has 0 bridgehead atoms. The molecule has 1 aliphatic carbocycles. The summed E-state index contributed by atoms with van der Waals surface area (Å²) in [6.07, 6.45) is 0.473. The summed E-state index contributed by atoms with van der Waals surface area (Å²) in [6.45, 7) is 4.56. The second-order valence-electron chi connectivity index (χ2n) is 10.3. The minimum atomic E-state index is -4.46. The quantitative estimate of drug-likeness (QED) is 0.363. The normalized spacial score (nSPS) is 19.8. The number of fused-ring (bicyclic) bond motifs is 1. The highest BCUT2D eigenvalue weighted by atomic mass is 19.4. The van der Waals surface area contributed by atoms with Crippen molar-refractivity contribution in [3.63, 3.8) is 0 Å². The molecule has 1 aromatic heterocycles. The molecule has 8 heteroatoms. The highest BCUT2D eigenvalue weighted by Gasteiger charge is 2.37. The summed E-state index contributed by atoms with van der Waals surface area (Å²) in [5.74, 6) is 0.221. The van der Waals surface area contributed by atoms with Crippen LogP contribution in [0.4, 0.5) is 17.6 Å². The number of piperidine rings is 1. The average Bonchev–Trinajstić information content (AvgIpc) is 3.56. The predicted octanol–water partition coefficient (Wildman–Crippen LogP) is 6.35. The number of alkyl halides is 3. The lowest BCUT2D eigenvalue weighted by Crippen LogP contribution is -2.44. The first kappa shape index (κ1) is 24.3. The number of hydrogen-bond donors (Lipinski definition) is 0. The van der Waals surface area contributed by atoms with Crippen LogP contribution in [0.5, 0.6) is 0 Å². The molecule has 35 heavy (non-hydrogen) atoms. The van der Waals surface area contributed by atoms with Crippen molar-refractivity contribution in [3.8, 4) is 0 Å². The summed E-state index contributed by atoms with van der Waals surface area (Å²) in [5, 5.41) is 0. The number of nitrogens with zero attached hydrogens (tertiary/aromatic N) is 3. The predicted molar refractivity (Wildman–Crippen MR) is 127 cm³/mol. The van der Waals surface area contributed by atoms with Crippen molar-refractivity contribution in [1.82, 2.24) is 14.5 Å². The van der Waals surface area contributed by atoms with Crippen LogP contribution in [0.3, 0.4) is 0 Å². The van der Waals surface area contributed by atoms with Crippen molar-refractivity contribution in [2.45, 2.75) is 56.8 Å². The Morgan fingerprint density at radius 1 is 1.11 bits per heavy atom. The first-order chi connectivity index (χ1) is 16.6. The number of rotatable bonds is 7. The Bertz CT molecular complexity index is 1180. The Hall–Kier alpha value is -2.45. The first-order valence-corrected chi connectivity index (χ1v) is 12.3. The van der Waals surface area contributed by atoms with Gasteiger partial charge in [0, 0.05) is 17.5 Å². The fraction of sp³-hybridized carbons (Fsp3) is 0.519. The maximum atomic E-state index is 13.8. The number of benzene rings is 2. The van der Waals surface area contributed by atoms with Gasteiger partial charge in [-0.05, 0) is 88.5 Å². The van der Waals surface area contributed by atoms with Crippen LogP contribution < -0.4 is 0 Å². The van der Waals surface area contributed by atoms with Crippen molar-refractivity contribution < 1.29 is 22.3 Å². The van der Waals surface area contributed by atoms with Gasteiger partial charge in [-0.3, -0.25) is 0 Å². The monoisotopic (exact) mass is 489 g/mol. The van der Waals surface area contributed by atoms with Gasteiger partial charge in [-0.2, -0.15) is 13.2 Å². The molecular formula is C27H31F4N3O. The maximum absolute atomic E-state index is 13.8. The molecule has 2 aromatic carbocycles. The average molecular weight is 490 g/mol. The molecule has 1 saturated carbocycles. The topological polar surface area (TPSA) is 30.3 Å². The van der Waals surface area contributed by atoms with Crippen LogP contribution in [0.25, 0.3) is 11.0 Å². The van der Waals surface area contributed by atoms with Crippen molar-refractivity contribution >= 4 is 11.0 Å². The Morgan fingerprint density at radius 2 is 1.80 bits per heavy atom. The maximum Gasteiger partial charge on any atom is 0.416 e. The van der Waals surface area contributed by atoms with E-state index >= 15 is 0 Å². The molecular weight excluding hydrogens is 458 g/mol. The fourth-order valence-corrected chi connectivity index (χ4v) is 5.13. The zero-order valence-electron chi connectivity index (χ0n) is 20.1. The smallest absolute Gasteiger partial charge is 0.373 e. The lowest BCUT2D eigenvalue weighted by Gasteiger charge is -2.41. The second kappa shape index (κ2) is 9.21. The van der Waals surface area contributed by atoms with Crippen molar-refractivity contribution in [2.75, 3.05) is 26.7 Å². The van der Waals surface area contributed by atoms with E-state index in [1.54, 1.807) is 25.4 Å². The number of likely N-dealkylation sites (tertiary alicyclic amines) is 1. The fourth-order valence-electron chi connectivity index (χ4n) is 5.13. The number of halogens is 4. The molecule has 1 atom stereocenters. The van der Waals surface area contributed by atoms with Gasteiger partial charge in [-0.1, -0.05) is 12.1 Å². The second-order valence-corrected chi connectivity index (χ2v) is 10.3. The third-order valence-electron chi connectivity index (χ3n) is 7.68. The molecule has 1 aliphatic heterocycles. The van der Waals surface area contributed by atoms with Crippen LogP contribution in [0, 0.1) is 11.7 Å².